The average Bonchev–Trinajstić information content (AvgIpc) is 1.21. The van der Waals surface area contributed by atoms with Gasteiger partial charge in [0.1, 0.15) is 7.49 Å². The fraction of sp³-hybridized carbons (Fsp3) is 1.00. The standard InChI is InChI=1S/C6H16OP.2CH4/c1-6(2)7-8(3,4)5;;/h6H,1-5H3;2*1H4/q+1;;. The van der Waals surface area contributed by atoms with Crippen molar-refractivity contribution in [3.8, 4) is 0 Å². The molecule has 0 atom stereocenters. The third-order valence-electron chi connectivity index (χ3n) is 0.527. The van der Waals surface area contributed by atoms with Gasteiger partial charge in [-0.3, -0.25) is 0 Å². The number of hydrogen-bond acceptors (Lipinski definition) is 1. The zero-order valence-corrected chi connectivity index (χ0v) is 7.33. The summed E-state index contributed by atoms with van der Waals surface area (Å²) in [5.41, 5.74) is 0. The lowest BCUT2D eigenvalue weighted by atomic mass is 10.5. The summed E-state index contributed by atoms with van der Waals surface area (Å²) in [7, 11) is -0.972. The molecule has 0 N–H and O–H groups in total. The molecule has 1 nitrogen and oxygen atoms in total. The van der Waals surface area contributed by atoms with Gasteiger partial charge in [-0.05, 0) is 13.8 Å². The van der Waals surface area contributed by atoms with Crippen LogP contribution in [0.4, 0.5) is 0 Å². The molecule has 0 unspecified atom stereocenters. The Morgan fingerprint density at radius 2 is 1.30 bits per heavy atom. The summed E-state index contributed by atoms with van der Waals surface area (Å²) in [5.74, 6) is 0. The van der Waals surface area contributed by atoms with Crippen LogP contribution in [0.15, 0.2) is 0 Å². The lowest BCUT2D eigenvalue weighted by Gasteiger charge is -2.13. The lowest BCUT2D eigenvalue weighted by Crippen LogP contribution is -2.01. The highest BCUT2D eigenvalue weighted by Crippen LogP contribution is 2.48. The Labute approximate surface area is 67.6 Å². The Morgan fingerprint density at radius 1 is 1.00 bits per heavy atom. The van der Waals surface area contributed by atoms with Crippen LogP contribution in [0.3, 0.4) is 0 Å². The highest BCUT2D eigenvalue weighted by molar-refractivity contribution is 7.69. The Morgan fingerprint density at radius 3 is 1.30 bits per heavy atom. The van der Waals surface area contributed by atoms with Gasteiger partial charge in [0.2, 0.25) is 0 Å². The van der Waals surface area contributed by atoms with Gasteiger partial charge in [-0.2, -0.15) is 0 Å². The normalized spacial score (nSPS) is 10.2. The second-order valence-electron chi connectivity index (χ2n) is 3.04. The minimum Gasteiger partial charge on any atom is -0.237 e. The molecular weight excluding hydrogens is 143 g/mol. The van der Waals surface area contributed by atoms with Gasteiger partial charge in [0.05, 0.1) is 26.1 Å². The van der Waals surface area contributed by atoms with Gasteiger partial charge in [-0.25, -0.2) is 4.52 Å². The van der Waals surface area contributed by atoms with Gasteiger partial charge < -0.3 is 0 Å². The van der Waals surface area contributed by atoms with Crippen LogP contribution >= 0.6 is 7.49 Å². The van der Waals surface area contributed by atoms with Gasteiger partial charge in [-0.1, -0.05) is 14.9 Å². The smallest absolute Gasteiger partial charge is 0.137 e. The van der Waals surface area contributed by atoms with Gasteiger partial charge in [0.25, 0.3) is 0 Å². The van der Waals surface area contributed by atoms with Crippen LogP contribution in [0.2, 0.25) is 0 Å². The summed E-state index contributed by atoms with van der Waals surface area (Å²) >= 11 is 0. The molecule has 0 spiro atoms. The molecule has 2 heteroatoms. The Hall–Kier alpha value is 0.390. The molecule has 0 saturated heterocycles. The van der Waals surface area contributed by atoms with E-state index >= 15 is 0 Å². The molecule has 0 aromatic rings. The maximum atomic E-state index is 5.55. The third-order valence-corrected chi connectivity index (χ3v) is 1.58. The summed E-state index contributed by atoms with van der Waals surface area (Å²) in [6, 6.07) is 0. The first-order valence-electron chi connectivity index (χ1n) is 2.91. The second kappa shape index (κ2) is 6.12. The summed E-state index contributed by atoms with van der Waals surface area (Å²) in [5, 5.41) is 0. The molecule has 0 aliphatic carbocycles. The Bertz CT molecular complexity index is 64.1. The first-order chi connectivity index (χ1) is 3.42. The quantitative estimate of drug-likeness (QED) is 0.572. The van der Waals surface area contributed by atoms with Crippen LogP contribution < -0.4 is 0 Å². The van der Waals surface area contributed by atoms with Crippen molar-refractivity contribution in [2.24, 2.45) is 0 Å². The second-order valence-corrected chi connectivity index (χ2v) is 7.03. The maximum absolute atomic E-state index is 5.55. The predicted molar refractivity (Wildman–Crippen MR) is 54.4 cm³/mol. The monoisotopic (exact) mass is 167 g/mol. The van der Waals surface area contributed by atoms with Crippen LogP contribution in [0, 0.1) is 0 Å². The zero-order valence-electron chi connectivity index (χ0n) is 6.43. The summed E-state index contributed by atoms with van der Waals surface area (Å²) in [6.45, 7) is 10.7. The molecule has 0 aromatic carbocycles. The van der Waals surface area contributed by atoms with Crippen LogP contribution in [0.5, 0.6) is 0 Å². The van der Waals surface area contributed by atoms with E-state index in [0.717, 1.165) is 0 Å². The van der Waals surface area contributed by atoms with Crippen molar-refractivity contribution < 1.29 is 4.52 Å². The molecule has 0 aromatic heterocycles. The van der Waals surface area contributed by atoms with E-state index in [1.165, 1.54) is 0 Å². The van der Waals surface area contributed by atoms with Crippen molar-refractivity contribution in [2.45, 2.75) is 34.8 Å². The van der Waals surface area contributed by atoms with Gasteiger partial charge in [0, 0.05) is 0 Å². The van der Waals surface area contributed by atoms with Gasteiger partial charge in [-0.15, -0.1) is 0 Å². The van der Waals surface area contributed by atoms with E-state index in [1.807, 2.05) is 0 Å². The zero-order chi connectivity index (χ0) is 6.78. The van der Waals surface area contributed by atoms with Crippen molar-refractivity contribution in [3.63, 3.8) is 0 Å². The van der Waals surface area contributed by atoms with Crippen molar-refractivity contribution in [1.82, 2.24) is 0 Å². The molecule has 0 aliphatic heterocycles. The van der Waals surface area contributed by atoms with Crippen molar-refractivity contribution in [1.29, 1.82) is 0 Å². The lowest BCUT2D eigenvalue weighted by molar-refractivity contribution is 0.266. The van der Waals surface area contributed by atoms with E-state index in [-0.39, 0.29) is 14.9 Å². The number of rotatable bonds is 2. The van der Waals surface area contributed by atoms with Crippen molar-refractivity contribution in [2.75, 3.05) is 20.0 Å². The van der Waals surface area contributed by atoms with E-state index in [1.54, 1.807) is 0 Å². The van der Waals surface area contributed by atoms with E-state index < -0.39 is 7.49 Å². The van der Waals surface area contributed by atoms with E-state index in [4.69, 9.17) is 4.52 Å². The van der Waals surface area contributed by atoms with Gasteiger partial charge in [0.15, 0.2) is 0 Å². The molecule has 66 valence electrons. The molecule has 10 heavy (non-hydrogen) atoms. The van der Waals surface area contributed by atoms with Crippen LogP contribution in [0.25, 0.3) is 0 Å². The SMILES string of the molecule is C.C.CC(C)O[P+](C)(C)C. The molecule has 0 radical (unpaired) electrons. The molecular formula is C8H24OP+. The molecule has 0 bridgehead atoms. The topological polar surface area (TPSA) is 9.23 Å². The summed E-state index contributed by atoms with van der Waals surface area (Å²) < 4.78 is 5.55. The fourth-order valence-electron chi connectivity index (χ4n) is 0.632. The predicted octanol–water partition coefficient (Wildman–Crippen LogP) is 3.51. The highest BCUT2D eigenvalue weighted by Gasteiger charge is 2.19. The molecule has 0 rings (SSSR count). The minimum atomic E-state index is -0.972. The fourth-order valence-corrected chi connectivity index (χ4v) is 1.90. The largest absolute Gasteiger partial charge is 0.237 e. The summed E-state index contributed by atoms with van der Waals surface area (Å²) in [6.07, 6.45) is 0.392. The maximum Gasteiger partial charge on any atom is 0.137 e. The number of hydrogen-bond donors (Lipinski definition) is 0. The molecule has 0 aliphatic rings. The van der Waals surface area contributed by atoms with E-state index in [9.17, 15) is 0 Å². The Kier molecular flexibility index (Phi) is 10.3. The van der Waals surface area contributed by atoms with Gasteiger partial charge >= 0.3 is 0 Å². The highest BCUT2D eigenvalue weighted by atomic mass is 31.2. The third kappa shape index (κ3) is 15.8. The Balaban J connectivity index is -0.000000245. The average molecular weight is 167 g/mol. The molecule has 0 fully saturated rings. The van der Waals surface area contributed by atoms with Crippen molar-refractivity contribution in [3.05, 3.63) is 0 Å². The molecule has 0 amide bonds. The van der Waals surface area contributed by atoms with Crippen LogP contribution in [-0.2, 0) is 4.52 Å². The molecule has 0 heterocycles. The first-order valence-corrected chi connectivity index (χ1v) is 5.96. The van der Waals surface area contributed by atoms with E-state index in [0.29, 0.717) is 6.10 Å². The van der Waals surface area contributed by atoms with E-state index in [2.05, 4.69) is 33.8 Å². The van der Waals surface area contributed by atoms with Crippen molar-refractivity contribution >= 4 is 7.49 Å². The van der Waals surface area contributed by atoms with Crippen LogP contribution in [0.1, 0.15) is 28.7 Å². The minimum absolute atomic E-state index is 0. The summed E-state index contributed by atoms with van der Waals surface area (Å²) in [4.78, 5) is 0. The molecule has 0 saturated carbocycles. The first kappa shape index (κ1) is 16.8. The van der Waals surface area contributed by atoms with Crippen LogP contribution in [-0.4, -0.2) is 26.1 Å².